The maximum absolute atomic E-state index is 10.8. The van der Waals surface area contributed by atoms with Crippen molar-refractivity contribution in [3.63, 3.8) is 0 Å². The maximum atomic E-state index is 10.8. The fraction of sp³-hybridized carbons (Fsp3) is 0.154. The second-order valence-corrected chi connectivity index (χ2v) is 5.58. The highest BCUT2D eigenvalue weighted by Gasteiger charge is 2.07. The molecule has 0 radical (unpaired) electrons. The van der Waals surface area contributed by atoms with Crippen LogP contribution in [-0.4, -0.2) is 11.1 Å². The molecule has 0 aliphatic heterocycles. The number of hydrogen-bond acceptors (Lipinski definition) is 3. The lowest BCUT2D eigenvalue weighted by Crippen LogP contribution is -1.99. The van der Waals surface area contributed by atoms with Crippen molar-refractivity contribution in [1.29, 1.82) is 0 Å². The van der Waals surface area contributed by atoms with E-state index in [1.807, 2.05) is 19.1 Å². The van der Waals surface area contributed by atoms with Crippen LogP contribution in [0.1, 0.15) is 20.8 Å². The largest absolute Gasteiger partial charge is 0.488 e. The zero-order chi connectivity index (χ0) is 13.1. The molecule has 0 aliphatic carbocycles. The molecule has 1 N–H and O–H groups in total. The molecule has 2 aromatic rings. The van der Waals surface area contributed by atoms with Crippen LogP contribution in [0.15, 0.2) is 30.3 Å². The first-order chi connectivity index (χ1) is 8.56. The van der Waals surface area contributed by atoms with Gasteiger partial charge in [0.05, 0.1) is 9.90 Å². The van der Waals surface area contributed by atoms with E-state index in [-0.39, 0.29) is 5.56 Å². The van der Waals surface area contributed by atoms with Crippen molar-refractivity contribution in [2.75, 3.05) is 0 Å². The Morgan fingerprint density at radius 2 is 2.17 bits per heavy atom. The molecule has 2 rings (SSSR count). The zero-order valence-electron chi connectivity index (χ0n) is 9.64. The number of carboxylic acid groups (broad SMARTS) is 1. The van der Waals surface area contributed by atoms with Crippen molar-refractivity contribution >= 4 is 28.9 Å². The minimum atomic E-state index is -0.935. The summed E-state index contributed by atoms with van der Waals surface area (Å²) in [5, 5.41) is 8.86. The number of halogens is 1. The van der Waals surface area contributed by atoms with Crippen LogP contribution in [-0.2, 0) is 6.61 Å². The fourth-order valence-corrected chi connectivity index (χ4v) is 2.52. The van der Waals surface area contributed by atoms with Crippen LogP contribution in [0, 0.1) is 6.92 Å². The highest BCUT2D eigenvalue weighted by atomic mass is 35.5. The summed E-state index contributed by atoms with van der Waals surface area (Å²) in [5.41, 5.74) is 1.07. The first-order valence-electron chi connectivity index (χ1n) is 5.27. The summed E-state index contributed by atoms with van der Waals surface area (Å²) >= 11 is 7.29. The monoisotopic (exact) mass is 282 g/mol. The lowest BCUT2D eigenvalue weighted by molar-refractivity contribution is 0.0696. The Labute approximate surface area is 114 Å². The van der Waals surface area contributed by atoms with Crippen molar-refractivity contribution in [2.24, 2.45) is 0 Å². The van der Waals surface area contributed by atoms with E-state index in [2.05, 4.69) is 0 Å². The van der Waals surface area contributed by atoms with Gasteiger partial charge in [0.2, 0.25) is 0 Å². The number of thiophene rings is 1. The topological polar surface area (TPSA) is 46.5 Å². The van der Waals surface area contributed by atoms with Gasteiger partial charge in [0.15, 0.2) is 0 Å². The van der Waals surface area contributed by atoms with E-state index in [9.17, 15) is 4.79 Å². The summed E-state index contributed by atoms with van der Waals surface area (Å²) in [7, 11) is 0. The predicted molar refractivity (Wildman–Crippen MR) is 71.8 cm³/mol. The summed E-state index contributed by atoms with van der Waals surface area (Å²) in [6.07, 6.45) is 0. The van der Waals surface area contributed by atoms with Gasteiger partial charge in [-0.2, -0.15) is 0 Å². The Balaban J connectivity index is 2.08. The first-order valence-corrected chi connectivity index (χ1v) is 6.46. The summed E-state index contributed by atoms with van der Waals surface area (Å²) in [6.45, 7) is 2.26. The van der Waals surface area contributed by atoms with Crippen molar-refractivity contribution in [3.8, 4) is 5.75 Å². The number of ether oxygens (including phenoxy) is 1. The average Bonchev–Trinajstić information content (AvgIpc) is 2.73. The summed E-state index contributed by atoms with van der Waals surface area (Å²) in [6, 6.07) is 8.54. The van der Waals surface area contributed by atoms with Gasteiger partial charge in [0, 0.05) is 4.88 Å². The molecular formula is C13H11ClO3S. The summed E-state index contributed by atoms with van der Waals surface area (Å²) in [5.74, 6) is -0.251. The second-order valence-electron chi connectivity index (χ2n) is 3.78. The third kappa shape index (κ3) is 3.03. The van der Waals surface area contributed by atoms with Crippen LogP contribution >= 0.6 is 22.9 Å². The Kier molecular flexibility index (Phi) is 3.89. The van der Waals surface area contributed by atoms with E-state index in [0.29, 0.717) is 12.4 Å². The maximum Gasteiger partial charge on any atom is 0.335 e. The van der Waals surface area contributed by atoms with Gasteiger partial charge in [-0.05, 0) is 42.8 Å². The molecule has 0 unspecified atom stereocenters. The van der Waals surface area contributed by atoms with Gasteiger partial charge in [0.1, 0.15) is 12.4 Å². The molecule has 1 aromatic carbocycles. The highest BCUT2D eigenvalue weighted by Crippen LogP contribution is 2.25. The molecule has 18 heavy (non-hydrogen) atoms. The lowest BCUT2D eigenvalue weighted by Gasteiger charge is -2.08. The standard InChI is InChI=1S/C13H11ClO3S/c1-8-6-9(13(15)16)2-4-11(8)17-7-10-3-5-12(14)18-10/h2-6H,7H2,1H3,(H,15,16). The average molecular weight is 283 g/mol. The van der Waals surface area contributed by atoms with Gasteiger partial charge in [-0.1, -0.05) is 11.6 Å². The third-order valence-electron chi connectivity index (χ3n) is 2.42. The molecule has 0 saturated heterocycles. The number of hydrogen-bond donors (Lipinski definition) is 1. The number of aryl methyl sites for hydroxylation is 1. The molecule has 0 atom stereocenters. The van der Waals surface area contributed by atoms with Gasteiger partial charge in [-0.25, -0.2) is 4.79 Å². The Hall–Kier alpha value is -1.52. The molecule has 3 nitrogen and oxygen atoms in total. The van der Waals surface area contributed by atoms with Crippen molar-refractivity contribution in [3.05, 3.63) is 50.7 Å². The third-order valence-corrected chi connectivity index (χ3v) is 3.63. The van der Waals surface area contributed by atoms with Crippen LogP contribution in [0.3, 0.4) is 0 Å². The van der Waals surface area contributed by atoms with E-state index in [4.69, 9.17) is 21.4 Å². The number of carbonyl (C=O) groups is 1. The number of rotatable bonds is 4. The molecule has 94 valence electrons. The predicted octanol–water partition coefficient (Wildman–Crippen LogP) is 3.99. The molecule has 0 saturated carbocycles. The molecule has 0 bridgehead atoms. The smallest absolute Gasteiger partial charge is 0.335 e. The van der Waals surface area contributed by atoms with Crippen LogP contribution < -0.4 is 4.74 Å². The Morgan fingerprint density at radius 3 is 2.72 bits per heavy atom. The number of benzene rings is 1. The lowest BCUT2D eigenvalue weighted by atomic mass is 10.1. The zero-order valence-corrected chi connectivity index (χ0v) is 11.2. The fourth-order valence-electron chi connectivity index (χ4n) is 1.52. The quantitative estimate of drug-likeness (QED) is 0.922. The van der Waals surface area contributed by atoms with Gasteiger partial charge in [-0.3, -0.25) is 0 Å². The van der Waals surface area contributed by atoms with E-state index in [0.717, 1.165) is 14.8 Å². The minimum absolute atomic E-state index is 0.263. The molecule has 0 spiro atoms. The normalized spacial score (nSPS) is 10.3. The summed E-state index contributed by atoms with van der Waals surface area (Å²) < 4.78 is 6.36. The molecule has 0 amide bonds. The van der Waals surface area contributed by atoms with E-state index in [1.54, 1.807) is 12.1 Å². The SMILES string of the molecule is Cc1cc(C(=O)O)ccc1OCc1ccc(Cl)s1. The van der Waals surface area contributed by atoms with E-state index < -0.39 is 5.97 Å². The van der Waals surface area contributed by atoms with Gasteiger partial charge in [0.25, 0.3) is 0 Å². The van der Waals surface area contributed by atoms with E-state index in [1.165, 1.54) is 17.4 Å². The Bertz CT molecular complexity index is 577. The number of aromatic carboxylic acids is 1. The number of carboxylic acids is 1. The van der Waals surface area contributed by atoms with Crippen LogP contribution in [0.2, 0.25) is 4.34 Å². The molecule has 1 aromatic heterocycles. The van der Waals surface area contributed by atoms with Crippen molar-refractivity contribution in [1.82, 2.24) is 0 Å². The first kappa shape index (κ1) is 12.9. The summed E-state index contributed by atoms with van der Waals surface area (Å²) in [4.78, 5) is 11.8. The van der Waals surface area contributed by atoms with Crippen LogP contribution in [0.4, 0.5) is 0 Å². The minimum Gasteiger partial charge on any atom is -0.488 e. The van der Waals surface area contributed by atoms with E-state index >= 15 is 0 Å². The molecule has 5 heteroatoms. The van der Waals surface area contributed by atoms with Crippen molar-refractivity contribution < 1.29 is 14.6 Å². The van der Waals surface area contributed by atoms with Crippen LogP contribution in [0.5, 0.6) is 5.75 Å². The molecular weight excluding hydrogens is 272 g/mol. The molecule has 1 heterocycles. The molecule has 0 aliphatic rings. The van der Waals surface area contributed by atoms with Crippen LogP contribution in [0.25, 0.3) is 0 Å². The van der Waals surface area contributed by atoms with Gasteiger partial charge < -0.3 is 9.84 Å². The Morgan fingerprint density at radius 1 is 1.39 bits per heavy atom. The van der Waals surface area contributed by atoms with Crippen molar-refractivity contribution in [2.45, 2.75) is 13.5 Å². The van der Waals surface area contributed by atoms with Gasteiger partial charge in [-0.15, -0.1) is 11.3 Å². The highest BCUT2D eigenvalue weighted by molar-refractivity contribution is 7.16. The van der Waals surface area contributed by atoms with Gasteiger partial charge >= 0.3 is 5.97 Å². The molecule has 0 fully saturated rings. The second kappa shape index (κ2) is 5.42.